The van der Waals surface area contributed by atoms with Crippen LogP contribution >= 0.6 is 0 Å². The molecule has 1 fully saturated rings. The molecule has 102 valence electrons. The molecule has 3 heteroatoms. The van der Waals surface area contributed by atoms with Gasteiger partial charge in [-0.3, -0.25) is 0 Å². The van der Waals surface area contributed by atoms with Gasteiger partial charge in [-0.15, -0.1) is 0 Å². The molecule has 2 nitrogen and oxygen atoms in total. The van der Waals surface area contributed by atoms with Crippen LogP contribution in [0.5, 0.6) is 0 Å². The van der Waals surface area contributed by atoms with Crippen molar-refractivity contribution in [3.8, 4) is 0 Å². The zero-order valence-corrected chi connectivity index (χ0v) is 16.0. The van der Waals surface area contributed by atoms with E-state index in [9.17, 15) is 0 Å². The van der Waals surface area contributed by atoms with Crippen molar-refractivity contribution in [2.75, 3.05) is 13.1 Å². The van der Waals surface area contributed by atoms with Gasteiger partial charge in [0, 0.05) is 0 Å². The van der Waals surface area contributed by atoms with Gasteiger partial charge in [0.05, 0.1) is 0 Å². The molecule has 0 N–H and O–H groups in total. The fourth-order valence-corrected chi connectivity index (χ4v) is 23.7. The fraction of sp³-hybridized carbons (Fsp3) is 1.00. The van der Waals surface area contributed by atoms with Crippen molar-refractivity contribution in [1.82, 2.24) is 6.24 Å². The standard InChI is InChI=1S/C8H18N2.2C3H7.Sn/c1-7(2)9-5-6-10-8(3)4;2*1-3-2;/h7-8H,5-6H2,1-4H3;2*3H,1-2H3;/q-2;;;+2. The van der Waals surface area contributed by atoms with E-state index in [0.29, 0.717) is 0 Å². The predicted octanol–water partition coefficient (Wildman–Crippen LogP) is 3.68. The van der Waals surface area contributed by atoms with Gasteiger partial charge in [-0.25, -0.2) is 0 Å². The van der Waals surface area contributed by atoms with Crippen LogP contribution in [0.15, 0.2) is 0 Å². The van der Waals surface area contributed by atoms with Gasteiger partial charge in [0.25, 0.3) is 0 Å². The van der Waals surface area contributed by atoms with E-state index in [1.807, 2.05) is 0 Å². The second-order valence-electron chi connectivity index (χ2n) is 6.67. The van der Waals surface area contributed by atoms with Crippen LogP contribution in [0, 0.1) is 0 Å². The van der Waals surface area contributed by atoms with Crippen molar-refractivity contribution < 1.29 is 0 Å². The summed E-state index contributed by atoms with van der Waals surface area (Å²) >= 11 is -2.40. The maximum atomic E-state index is 2.93. The van der Waals surface area contributed by atoms with Crippen LogP contribution in [0.3, 0.4) is 0 Å². The molecule has 1 aliphatic heterocycles. The minimum absolute atomic E-state index is 0.722. The second-order valence-corrected chi connectivity index (χ2v) is 21.0. The molecule has 1 heterocycles. The first-order valence-corrected chi connectivity index (χ1v) is 13.1. The third kappa shape index (κ3) is 2.55. The number of hydrogen-bond donors (Lipinski definition) is 0. The quantitative estimate of drug-likeness (QED) is 0.716. The van der Waals surface area contributed by atoms with Gasteiger partial charge in [-0.2, -0.15) is 0 Å². The molecule has 0 amide bonds. The molecule has 0 bridgehead atoms. The molecule has 17 heavy (non-hydrogen) atoms. The molecule has 1 rings (SSSR count). The normalized spacial score (nSPS) is 22.6. The topological polar surface area (TPSA) is 6.48 Å². The average Bonchev–Trinajstić information content (AvgIpc) is 2.57. The molecule has 0 aromatic rings. The van der Waals surface area contributed by atoms with Crippen molar-refractivity contribution in [1.29, 1.82) is 0 Å². The predicted molar refractivity (Wildman–Crippen MR) is 79.6 cm³/mol. The Hall–Kier alpha value is 0.719. The summed E-state index contributed by atoms with van der Waals surface area (Å²) in [6, 6.07) is 1.44. The number of hydrogen-bond acceptors (Lipinski definition) is 2. The average molecular weight is 347 g/mol. The first kappa shape index (κ1) is 15.8. The van der Waals surface area contributed by atoms with E-state index in [4.69, 9.17) is 0 Å². The van der Waals surface area contributed by atoms with Crippen LogP contribution in [0.4, 0.5) is 0 Å². The fourth-order valence-electron chi connectivity index (χ4n) is 4.08. The first-order valence-electron chi connectivity index (χ1n) is 7.29. The summed E-state index contributed by atoms with van der Waals surface area (Å²) in [5.41, 5.74) is 0. The Morgan fingerprint density at radius 3 is 1.12 bits per heavy atom. The Morgan fingerprint density at radius 2 is 0.941 bits per heavy atom. The number of nitrogens with zero attached hydrogens (tertiary/aromatic N) is 2. The summed E-state index contributed by atoms with van der Waals surface area (Å²) in [5, 5.41) is 0. The van der Waals surface area contributed by atoms with Crippen molar-refractivity contribution in [2.24, 2.45) is 0 Å². The molecule has 0 aromatic heterocycles. The SMILES string of the molecule is CC(C)[N]1CC[N](C(C)C)[Sn]1([CH](C)C)[CH](C)C. The van der Waals surface area contributed by atoms with Crippen LogP contribution in [0.25, 0.3) is 0 Å². The van der Waals surface area contributed by atoms with Crippen LogP contribution in [-0.2, 0) is 0 Å². The van der Waals surface area contributed by atoms with Gasteiger partial charge in [-0.1, -0.05) is 0 Å². The maximum absolute atomic E-state index is 2.93. The molecular weight excluding hydrogens is 315 g/mol. The first-order chi connectivity index (χ1) is 7.76. The van der Waals surface area contributed by atoms with Crippen molar-refractivity contribution in [2.45, 2.75) is 75.3 Å². The minimum atomic E-state index is -2.40. The van der Waals surface area contributed by atoms with Crippen LogP contribution in [0.2, 0.25) is 7.87 Å². The summed E-state index contributed by atoms with van der Waals surface area (Å²) in [6.45, 7) is 22.1. The van der Waals surface area contributed by atoms with Crippen LogP contribution < -0.4 is 0 Å². The molecule has 0 saturated carbocycles. The summed E-state index contributed by atoms with van der Waals surface area (Å²) in [5.74, 6) is 0. The van der Waals surface area contributed by atoms with Gasteiger partial charge in [-0.05, 0) is 0 Å². The molecule has 0 aromatic carbocycles. The van der Waals surface area contributed by atoms with Gasteiger partial charge in [0.2, 0.25) is 0 Å². The molecule has 0 atom stereocenters. The van der Waals surface area contributed by atoms with Gasteiger partial charge >= 0.3 is 114 Å². The molecule has 0 unspecified atom stereocenters. The Balaban J connectivity index is 3.21. The van der Waals surface area contributed by atoms with E-state index in [-0.39, 0.29) is 0 Å². The Morgan fingerprint density at radius 1 is 0.647 bits per heavy atom. The third-order valence-corrected chi connectivity index (χ3v) is 23.6. The van der Waals surface area contributed by atoms with Crippen LogP contribution in [0.1, 0.15) is 55.4 Å². The van der Waals surface area contributed by atoms with Crippen LogP contribution in [-0.4, -0.2) is 50.3 Å². The Labute approximate surface area is 113 Å². The molecule has 0 aliphatic carbocycles. The monoisotopic (exact) mass is 348 g/mol. The van der Waals surface area contributed by atoms with E-state index >= 15 is 0 Å². The molecular formula is C14H32N2Sn. The number of rotatable bonds is 4. The molecule has 1 saturated heterocycles. The molecule has 0 spiro atoms. The molecule has 1 aliphatic rings. The zero-order chi connectivity index (χ0) is 13.4. The Bertz CT molecular complexity index is 223. The van der Waals surface area contributed by atoms with Gasteiger partial charge in [0.15, 0.2) is 0 Å². The Kier molecular flexibility index (Phi) is 5.37. The van der Waals surface area contributed by atoms with Gasteiger partial charge < -0.3 is 0 Å². The summed E-state index contributed by atoms with van der Waals surface area (Å²) < 4.78 is 7.61. The van der Waals surface area contributed by atoms with E-state index in [2.05, 4.69) is 61.6 Å². The van der Waals surface area contributed by atoms with Crippen molar-refractivity contribution >= 4 is 18.9 Å². The molecule has 0 radical (unpaired) electrons. The van der Waals surface area contributed by atoms with E-state index < -0.39 is 18.9 Å². The van der Waals surface area contributed by atoms with Crippen molar-refractivity contribution in [3.63, 3.8) is 0 Å². The van der Waals surface area contributed by atoms with Crippen molar-refractivity contribution in [3.05, 3.63) is 0 Å². The van der Waals surface area contributed by atoms with E-state index in [1.165, 1.54) is 13.1 Å². The summed E-state index contributed by atoms with van der Waals surface area (Å²) in [4.78, 5) is 0. The van der Waals surface area contributed by atoms with E-state index in [1.54, 1.807) is 0 Å². The zero-order valence-electron chi connectivity index (χ0n) is 13.1. The van der Waals surface area contributed by atoms with E-state index in [0.717, 1.165) is 20.0 Å². The third-order valence-electron chi connectivity index (χ3n) is 4.45. The second kappa shape index (κ2) is 5.79. The summed E-state index contributed by atoms with van der Waals surface area (Å²) in [7, 11) is 0. The van der Waals surface area contributed by atoms with Gasteiger partial charge in [0.1, 0.15) is 0 Å². The summed E-state index contributed by atoms with van der Waals surface area (Å²) in [6.07, 6.45) is 0.